The first-order chi connectivity index (χ1) is 5.81. The summed E-state index contributed by atoms with van der Waals surface area (Å²) < 4.78 is 6.03. The zero-order chi connectivity index (χ0) is 9.23. The number of hydrogen-bond donors (Lipinski definition) is 0. The van der Waals surface area contributed by atoms with Gasteiger partial charge in [0.1, 0.15) is 0 Å². The van der Waals surface area contributed by atoms with Crippen LogP contribution in [-0.4, -0.2) is 16.7 Å². The van der Waals surface area contributed by atoms with Gasteiger partial charge in [-0.25, -0.2) is 0 Å². The molecule has 0 radical (unpaired) electrons. The fourth-order valence-corrected chi connectivity index (χ4v) is 1.68. The summed E-state index contributed by atoms with van der Waals surface area (Å²) in [6.45, 7) is 5.08. The van der Waals surface area contributed by atoms with Gasteiger partial charge >= 0.3 is 0 Å². The molecule has 0 amide bonds. The monoisotopic (exact) mass is 270 g/mol. The zero-order valence-electron chi connectivity index (χ0n) is 8.67. The van der Waals surface area contributed by atoms with Crippen molar-refractivity contribution in [2.45, 2.75) is 39.5 Å². The maximum absolute atomic E-state index is 5.32. The van der Waals surface area contributed by atoms with Crippen LogP contribution in [-0.2, 0) is 24.2 Å². The van der Waals surface area contributed by atoms with E-state index in [0.717, 1.165) is 18.8 Å². The minimum atomic E-state index is 0. The van der Waals surface area contributed by atoms with Crippen molar-refractivity contribution >= 4 is 28.4 Å². The average molecular weight is 272 g/mol. The summed E-state index contributed by atoms with van der Waals surface area (Å²) in [6.07, 6.45) is 4.97. The smallest absolute Gasteiger partial charge is 0.219 e. The van der Waals surface area contributed by atoms with E-state index in [9.17, 15) is 0 Å². The number of hydrogen-bond acceptors (Lipinski definition) is 3. The normalized spacial score (nSPS) is 9.08. The average Bonchev–Trinajstić information content (AvgIpc) is 2.05. The quantitative estimate of drug-likeness (QED) is 0.415. The summed E-state index contributed by atoms with van der Waals surface area (Å²) in [5.74, 6) is 1.01. The van der Waals surface area contributed by atoms with Crippen molar-refractivity contribution in [2.24, 2.45) is 0 Å². The Hall–Kier alpha value is 0.863. The van der Waals surface area contributed by atoms with Crippen LogP contribution in [0.5, 0.6) is 0 Å². The van der Waals surface area contributed by atoms with Crippen LogP contribution >= 0.6 is 24.0 Å². The van der Waals surface area contributed by atoms with Gasteiger partial charge in [-0.3, -0.25) is 0 Å². The molecule has 0 aromatic carbocycles. The first kappa shape index (κ1) is 16.3. The summed E-state index contributed by atoms with van der Waals surface area (Å²) in [5, 5.41) is 0. The standard InChI is InChI=1S/C9H18OS2.Zn/c1-3-5-6-7-8-10-9(11)12-4-2;/h3-8H2,1-2H3;. The van der Waals surface area contributed by atoms with Gasteiger partial charge in [-0.1, -0.05) is 44.9 Å². The molecule has 0 unspecified atom stereocenters. The van der Waals surface area contributed by atoms with Crippen molar-refractivity contribution in [1.82, 2.24) is 0 Å². The van der Waals surface area contributed by atoms with Crippen LogP contribution in [0, 0.1) is 0 Å². The van der Waals surface area contributed by atoms with E-state index in [2.05, 4.69) is 13.8 Å². The van der Waals surface area contributed by atoms with Gasteiger partial charge in [0, 0.05) is 19.5 Å². The molecule has 0 aliphatic rings. The number of ether oxygens (including phenoxy) is 1. The van der Waals surface area contributed by atoms with Crippen LogP contribution in [0.25, 0.3) is 0 Å². The van der Waals surface area contributed by atoms with Crippen LogP contribution in [0.1, 0.15) is 39.5 Å². The van der Waals surface area contributed by atoms with E-state index in [0.29, 0.717) is 4.38 Å². The molecule has 0 saturated carbocycles. The molecule has 0 rings (SSSR count). The Labute approximate surface area is 104 Å². The molecule has 0 aliphatic heterocycles. The SMILES string of the molecule is CCCCCCOC(=S)SCC.[Zn]. The van der Waals surface area contributed by atoms with E-state index in [1.54, 1.807) is 11.8 Å². The van der Waals surface area contributed by atoms with Gasteiger partial charge in [0.15, 0.2) is 0 Å². The third kappa shape index (κ3) is 12.9. The Morgan fingerprint density at radius 1 is 1.23 bits per heavy atom. The second-order valence-electron chi connectivity index (χ2n) is 2.59. The maximum atomic E-state index is 5.32. The van der Waals surface area contributed by atoms with Crippen molar-refractivity contribution in [3.05, 3.63) is 0 Å². The number of thioether (sulfide) groups is 1. The van der Waals surface area contributed by atoms with Crippen molar-refractivity contribution < 1.29 is 24.2 Å². The Morgan fingerprint density at radius 2 is 1.92 bits per heavy atom. The number of unbranched alkanes of at least 4 members (excludes halogenated alkanes) is 3. The molecule has 1 nitrogen and oxygen atoms in total. The van der Waals surface area contributed by atoms with E-state index < -0.39 is 0 Å². The van der Waals surface area contributed by atoms with E-state index in [1.165, 1.54) is 19.3 Å². The van der Waals surface area contributed by atoms with Crippen molar-refractivity contribution in [3.8, 4) is 0 Å². The molecule has 0 atom stereocenters. The summed E-state index contributed by atoms with van der Waals surface area (Å²) in [4.78, 5) is 0. The summed E-state index contributed by atoms with van der Waals surface area (Å²) in [7, 11) is 0. The van der Waals surface area contributed by atoms with Crippen LogP contribution in [0.3, 0.4) is 0 Å². The van der Waals surface area contributed by atoms with E-state index in [-0.39, 0.29) is 19.5 Å². The Kier molecular flexibility index (Phi) is 16.1. The zero-order valence-corrected chi connectivity index (χ0v) is 13.3. The molecule has 13 heavy (non-hydrogen) atoms. The second kappa shape index (κ2) is 12.9. The molecule has 0 heterocycles. The van der Waals surface area contributed by atoms with Gasteiger partial charge in [-0.15, -0.1) is 0 Å². The largest absolute Gasteiger partial charge is 0.479 e. The molecule has 4 heteroatoms. The minimum Gasteiger partial charge on any atom is -0.479 e. The molecule has 0 aromatic rings. The molecule has 0 saturated heterocycles. The summed E-state index contributed by atoms with van der Waals surface area (Å²) in [5.41, 5.74) is 0. The van der Waals surface area contributed by atoms with Crippen LogP contribution in [0.2, 0.25) is 0 Å². The molecular weight excluding hydrogens is 254 g/mol. The van der Waals surface area contributed by atoms with Crippen molar-refractivity contribution in [3.63, 3.8) is 0 Å². The second-order valence-corrected chi connectivity index (χ2v) is 4.46. The van der Waals surface area contributed by atoms with Gasteiger partial charge in [-0.2, -0.15) is 0 Å². The molecule has 0 spiro atoms. The predicted octanol–water partition coefficient (Wildman–Crippen LogP) is 3.62. The van der Waals surface area contributed by atoms with Gasteiger partial charge in [0.05, 0.1) is 6.61 Å². The minimum absolute atomic E-state index is 0. The maximum Gasteiger partial charge on any atom is 0.219 e. The third-order valence-electron chi connectivity index (χ3n) is 1.48. The molecule has 74 valence electrons. The van der Waals surface area contributed by atoms with Gasteiger partial charge in [0.25, 0.3) is 0 Å². The van der Waals surface area contributed by atoms with Gasteiger partial charge < -0.3 is 4.74 Å². The van der Waals surface area contributed by atoms with E-state index >= 15 is 0 Å². The number of rotatable bonds is 6. The molecule has 0 fully saturated rings. The van der Waals surface area contributed by atoms with Gasteiger partial charge in [-0.05, 0) is 24.4 Å². The van der Waals surface area contributed by atoms with Gasteiger partial charge in [0.2, 0.25) is 4.38 Å². The third-order valence-corrected chi connectivity index (χ3v) is 2.59. The Balaban J connectivity index is 0. The predicted molar refractivity (Wildman–Crippen MR) is 60.8 cm³/mol. The Bertz CT molecular complexity index is 120. The van der Waals surface area contributed by atoms with E-state index in [4.69, 9.17) is 17.0 Å². The molecule has 0 bridgehead atoms. The summed E-state index contributed by atoms with van der Waals surface area (Å²) in [6, 6.07) is 0. The van der Waals surface area contributed by atoms with Crippen LogP contribution in [0.4, 0.5) is 0 Å². The molecule has 0 aromatic heterocycles. The molecular formula is C9H18OS2Zn. The Morgan fingerprint density at radius 3 is 2.46 bits per heavy atom. The first-order valence-electron chi connectivity index (χ1n) is 4.60. The molecule has 0 N–H and O–H groups in total. The van der Waals surface area contributed by atoms with Crippen LogP contribution < -0.4 is 0 Å². The topological polar surface area (TPSA) is 9.23 Å². The van der Waals surface area contributed by atoms with Crippen LogP contribution in [0.15, 0.2) is 0 Å². The fraction of sp³-hybridized carbons (Fsp3) is 0.889. The molecule has 0 aliphatic carbocycles. The number of thiocarbonyl (C=S) groups is 1. The first-order valence-corrected chi connectivity index (χ1v) is 6.00. The van der Waals surface area contributed by atoms with E-state index in [1.807, 2.05) is 0 Å². The van der Waals surface area contributed by atoms with Crippen molar-refractivity contribution in [2.75, 3.05) is 12.4 Å². The fourth-order valence-electron chi connectivity index (χ4n) is 0.844. The van der Waals surface area contributed by atoms with Crippen molar-refractivity contribution in [1.29, 1.82) is 0 Å². The summed E-state index contributed by atoms with van der Waals surface area (Å²) >= 11 is 6.58.